The second-order valence-electron chi connectivity index (χ2n) is 4.30. The molecule has 17 heavy (non-hydrogen) atoms. The monoisotopic (exact) mass is 233 g/mol. The predicted octanol–water partition coefficient (Wildman–Crippen LogP) is 3.99. The zero-order valence-electron chi connectivity index (χ0n) is 11.3. The molecule has 0 spiro atoms. The summed E-state index contributed by atoms with van der Waals surface area (Å²) in [4.78, 5) is 5.46. The third kappa shape index (κ3) is 4.23. The van der Waals surface area contributed by atoms with Crippen LogP contribution in [0.15, 0.2) is 47.8 Å². The van der Waals surface area contributed by atoms with Crippen LogP contribution in [0.5, 0.6) is 0 Å². The Morgan fingerprint density at radius 2 is 2.06 bits per heavy atom. The second kappa shape index (κ2) is 7.13. The Balaban J connectivity index is 0.000000437. The summed E-state index contributed by atoms with van der Waals surface area (Å²) in [6.45, 7) is 6.23. The van der Waals surface area contributed by atoms with Gasteiger partial charge in [0.1, 0.15) is 5.76 Å². The van der Waals surface area contributed by atoms with Gasteiger partial charge >= 0.3 is 0 Å². The third-order valence-corrected chi connectivity index (χ3v) is 2.42. The van der Waals surface area contributed by atoms with Crippen molar-refractivity contribution in [3.05, 3.63) is 47.8 Å². The molecule has 1 atom stereocenters. The van der Waals surface area contributed by atoms with Gasteiger partial charge in [-0.1, -0.05) is 50.6 Å². The molecule has 2 aliphatic rings. The SMILES string of the molecule is CC1=CC(C2=CC=CCC=C2)N(C)O1.CCC. The molecular weight excluding hydrogens is 210 g/mol. The van der Waals surface area contributed by atoms with Crippen molar-refractivity contribution >= 4 is 0 Å². The number of likely N-dealkylation sites (N-methyl/N-ethyl adjacent to an activating group) is 1. The number of hydrogen-bond acceptors (Lipinski definition) is 2. The van der Waals surface area contributed by atoms with Crippen molar-refractivity contribution in [3.8, 4) is 0 Å². The van der Waals surface area contributed by atoms with Crippen molar-refractivity contribution in [2.45, 2.75) is 39.7 Å². The highest BCUT2D eigenvalue weighted by Crippen LogP contribution is 2.23. The maximum absolute atomic E-state index is 5.46. The highest BCUT2D eigenvalue weighted by atomic mass is 16.7. The summed E-state index contributed by atoms with van der Waals surface area (Å²) in [5.41, 5.74) is 1.28. The van der Waals surface area contributed by atoms with Gasteiger partial charge in [0.25, 0.3) is 0 Å². The van der Waals surface area contributed by atoms with Crippen molar-refractivity contribution in [1.82, 2.24) is 5.06 Å². The van der Waals surface area contributed by atoms with Crippen molar-refractivity contribution in [1.29, 1.82) is 0 Å². The fourth-order valence-corrected chi connectivity index (χ4v) is 1.74. The van der Waals surface area contributed by atoms with E-state index in [1.807, 2.05) is 19.0 Å². The normalized spacial score (nSPS) is 23.2. The molecule has 0 aromatic carbocycles. The van der Waals surface area contributed by atoms with Crippen LogP contribution < -0.4 is 0 Å². The van der Waals surface area contributed by atoms with Crippen molar-refractivity contribution in [3.63, 3.8) is 0 Å². The van der Waals surface area contributed by atoms with Gasteiger partial charge < -0.3 is 4.84 Å². The van der Waals surface area contributed by atoms with E-state index in [4.69, 9.17) is 4.84 Å². The standard InChI is InChI=1S/C12H15NO.C3H8/c1-10-9-12(13(2)14-10)11-7-5-3-4-6-8-11;1-3-2/h3,5-9,12H,4H2,1-2H3;3H2,1-2H3. The van der Waals surface area contributed by atoms with Gasteiger partial charge in [0.05, 0.1) is 6.04 Å². The summed E-state index contributed by atoms with van der Waals surface area (Å²) in [5.74, 6) is 0.972. The smallest absolute Gasteiger partial charge is 0.119 e. The van der Waals surface area contributed by atoms with Crippen molar-refractivity contribution in [2.24, 2.45) is 0 Å². The Labute approximate surface area is 105 Å². The first-order valence-corrected chi connectivity index (χ1v) is 6.31. The lowest BCUT2D eigenvalue weighted by Crippen LogP contribution is -2.25. The summed E-state index contributed by atoms with van der Waals surface area (Å²) >= 11 is 0. The Morgan fingerprint density at radius 1 is 1.35 bits per heavy atom. The molecule has 1 aliphatic heterocycles. The van der Waals surface area contributed by atoms with Crippen LogP contribution in [0.1, 0.15) is 33.6 Å². The highest BCUT2D eigenvalue weighted by molar-refractivity contribution is 5.35. The number of hydroxylamine groups is 2. The van der Waals surface area contributed by atoms with Crippen LogP contribution in [0.25, 0.3) is 0 Å². The largest absolute Gasteiger partial charge is 0.410 e. The molecule has 0 N–H and O–H groups in total. The van der Waals surface area contributed by atoms with Crippen LogP contribution in [-0.2, 0) is 4.84 Å². The fraction of sp³-hybridized carbons (Fsp3) is 0.467. The number of nitrogens with zero attached hydrogens (tertiary/aromatic N) is 1. The molecule has 0 aromatic heterocycles. The van der Waals surface area contributed by atoms with E-state index in [9.17, 15) is 0 Å². The number of hydrogen-bond donors (Lipinski definition) is 0. The molecule has 1 unspecified atom stereocenters. The maximum Gasteiger partial charge on any atom is 0.119 e. The van der Waals surface area contributed by atoms with Crippen LogP contribution in [0.4, 0.5) is 0 Å². The third-order valence-electron chi connectivity index (χ3n) is 2.42. The van der Waals surface area contributed by atoms with Crippen LogP contribution in [0, 0.1) is 0 Å². The molecule has 2 rings (SSSR count). The van der Waals surface area contributed by atoms with Gasteiger partial charge in [-0.15, -0.1) is 5.06 Å². The van der Waals surface area contributed by atoms with E-state index in [1.165, 1.54) is 12.0 Å². The molecule has 1 aliphatic carbocycles. The minimum absolute atomic E-state index is 0.258. The average Bonchev–Trinajstić information content (AvgIpc) is 2.53. The summed E-state index contributed by atoms with van der Waals surface area (Å²) in [6, 6.07) is 0.258. The highest BCUT2D eigenvalue weighted by Gasteiger charge is 2.23. The van der Waals surface area contributed by atoms with E-state index in [0.29, 0.717) is 0 Å². The first-order valence-electron chi connectivity index (χ1n) is 6.31. The fourth-order valence-electron chi connectivity index (χ4n) is 1.74. The van der Waals surface area contributed by atoms with E-state index in [2.05, 4.69) is 50.3 Å². The lowest BCUT2D eigenvalue weighted by atomic mass is 10.1. The molecule has 0 fully saturated rings. The lowest BCUT2D eigenvalue weighted by molar-refractivity contribution is -0.0841. The maximum atomic E-state index is 5.46. The Bertz CT molecular complexity index is 350. The van der Waals surface area contributed by atoms with Gasteiger partial charge in [-0.05, 0) is 25.0 Å². The van der Waals surface area contributed by atoms with Gasteiger partial charge in [-0.25, -0.2) is 0 Å². The summed E-state index contributed by atoms with van der Waals surface area (Å²) in [6.07, 6.45) is 15.1. The van der Waals surface area contributed by atoms with Crippen LogP contribution >= 0.6 is 0 Å². The van der Waals surface area contributed by atoms with E-state index in [-0.39, 0.29) is 6.04 Å². The van der Waals surface area contributed by atoms with Gasteiger partial charge in [-0.2, -0.15) is 0 Å². The second-order valence-corrected chi connectivity index (χ2v) is 4.30. The molecule has 0 bridgehead atoms. The Kier molecular flexibility index (Phi) is 5.78. The van der Waals surface area contributed by atoms with Gasteiger partial charge in [0, 0.05) is 7.05 Å². The minimum atomic E-state index is 0.258. The van der Waals surface area contributed by atoms with Crippen LogP contribution in [0.2, 0.25) is 0 Å². The quantitative estimate of drug-likeness (QED) is 0.679. The molecule has 94 valence electrons. The number of allylic oxidation sites excluding steroid dienone is 5. The molecule has 0 saturated carbocycles. The predicted molar refractivity (Wildman–Crippen MR) is 73.3 cm³/mol. The van der Waals surface area contributed by atoms with Gasteiger partial charge in [0.15, 0.2) is 0 Å². The minimum Gasteiger partial charge on any atom is -0.410 e. The molecule has 0 amide bonds. The van der Waals surface area contributed by atoms with Gasteiger partial charge in [-0.3, -0.25) is 0 Å². The average molecular weight is 233 g/mol. The molecule has 2 nitrogen and oxygen atoms in total. The van der Waals surface area contributed by atoms with Crippen LogP contribution in [-0.4, -0.2) is 18.2 Å². The number of rotatable bonds is 1. The van der Waals surface area contributed by atoms with Crippen molar-refractivity contribution in [2.75, 3.05) is 7.05 Å². The summed E-state index contributed by atoms with van der Waals surface area (Å²) in [7, 11) is 1.96. The zero-order chi connectivity index (χ0) is 12.7. The van der Waals surface area contributed by atoms with E-state index in [1.54, 1.807) is 0 Å². The van der Waals surface area contributed by atoms with Gasteiger partial charge in [0.2, 0.25) is 0 Å². The molecule has 2 heteroatoms. The topological polar surface area (TPSA) is 12.5 Å². The molecule has 0 radical (unpaired) electrons. The summed E-state index contributed by atoms with van der Waals surface area (Å²) in [5, 5.41) is 1.88. The summed E-state index contributed by atoms with van der Waals surface area (Å²) < 4.78 is 0. The molecule has 1 heterocycles. The zero-order valence-corrected chi connectivity index (χ0v) is 11.3. The lowest BCUT2D eigenvalue weighted by Gasteiger charge is -2.18. The first kappa shape index (κ1) is 13.8. The molecule has 0 saturated heterocycles. The van der Waals surface area contributed by atoms with E-state index >= 15 is 0 Å². The van der Waals surface area contributed by atoms with E-state index < -0.39 is 0 Å². The Morgan fingerprint density at radius 3 is 2.65 bits per heavy atom. The van der Waals surface area contributed by atoms with Crippen LogP contribution in [0.3, 0.4) is 0 Å². The van der Waals surface area contributed by atoms with Crippen molar-refractivity contribution < 1.29 is 4.84 Å². The molecule has 0 aromatic rings. The first-order chi connectivity index (χ1) is 8.19. The Hall–Kier alpha value is -1.28. The molecular formula is C15H23NO. The van der Waals surface area contributed by atoms with E-state index in [0.717, 1.165) is 12.2 Å².